The molecule has 2 amide bonds. The smallest absolute Gasteiger partial charge is 0.256 e. The molecular formula is C20H23N3O3. The van der Waals surface area contributed by atoms with Crippen molar-refractivity contribution in [2.75, 3.05) is 45.7 Å². The molecule has 1 aliphatic rings. The molecule has 6 heteroatoms. The third-order valence-corrected chi connectivity index (χ3v) is 4.53. The molecule has 3 rings (SSSR count). The molecule has 2 aromatic rings. The summed E-state index contributed by atoms with van der Waals surface area (Å²) in [6.07, 6.45) is 0. The van der Waals surface area contributed by atoms with Crippen molar-refractivity contribution in [3.05, 3.63) is 59.7 Å². The molecule has 0 unspecified atom stereocenters. The van der Waals surface area contributed by atoms with Gasteiger partial charge < -0.3 is 19.9 Å². The van der Waals surface area contributed by atoms with Gasteiger partial charge in [-0.3, -0.25) is 9.59 Å². The second-order valence-electron chi connectivity index (χ2n) is 6.33. The Morgan fingerprint density at radius 1 is 1.00 bits per heavy atom. The first-order valence-electron chi connectivity index (χ1n) is 8.61. The molecule has 1 N–H and O–H groups in total. The van der Waals surface area contributed by atoms with Crippen LogP contribution in [-0.4, -0.2) is 62.0 Å². The SMILES string of the molecule is COc1cccc(C(=O)Nc2ccccc2C(=O)N2CCN(C)CC2)c1. The molecule has 2 aromatic carbocycles. The van der Waals surface area contributed by atoms with E-state index in [0.717, 1.165) is 13.1 Å². The van der Waals surface area contributed by atoms with Gasteiger partial charge in [-0.25, -0.2) is 0 Å². The molecule has 0 saturated carbocycles. The molecule has 1 aliphatic heterocycles. The molecular weight excluding hydrogens is 330 g/mol. The second-order valence-corrected chi connectivity index (χ2v) is 6.33. The summed E-state index contributed by atoms with van der Waals surface area (Å²) in [4.78, 5) is 29.5. The lowest BCUT2D eigenvalue weighted by Crippen LogP contribution is -2.47. The molecule has 1 saturated heterocycles. The number of carbonyl (C=O) groups is 2. The number of nitrogens with zero attached hydrogens (tertiary/aromatic N) is 2. The van der Waals surface area contributed by atoms with Crippen LogP contribution in [-0.2, 0) is 0 Å². The molecule has 0 spiro atoms. The quantitative estimate of drug-likeness (QED) is 0.916. The minimum Gasteiger partial charge on any atom is -0.497 e. The zero-order chi connectivity index (χ0) is 18.5. The summed E-state index contributed by atoms with van der Waals surface area (Å²) in [5.41, 5.74) is 1.50. The van der Waals surface area contributed by atoms with Crippen molar-refractivity contribution in [2.24, 2.45) is 0 Å². The van der Waals surface area contributed by atoms with E-state index in [-0.39, 0.29) is 11.8 Å². The van der Waals surface area contributed by atoms with Gasteiger partial charge in [-0.15, -0.1) is 0 Å². The van der Waals surface area contributed by atoms with Gasteiger partial charge in [-0.2, -0.15) is 0 Å². The van der Waals surface area contributed by atoms with Crippen molar-refractivity contribution >= 4 is 17.5 Å². The summed E-state index contributed by atoms with van der Waals surface area (Å²) in [5.74, 6) is 0.279. The number of hydrogen-bond acceptors (Lipinski definition) is 4. The lowest BCUT2D eigenvalue weighted by molar-refractivity contribution is 0.0665. The number of benzene rings is 2. The van der Waals surface area contributed by atoms with E-state index in [0.29, 0.717) is 35.7 Å². The van der Waals surface area contributed by atoms with Crippen LogP contribution in [0.5, 0.6) is 5.75 Å². The zero-order valence-corrected chi connectivity index (χ0v) is 15.1. The summed E-state index contributed by atoms with van der Waals surface area (Å²) in [7, 11) is 3.60. The van der Waals surface area contributed by atoms with Crippen LogP contribution in [0.3, 0.4) is 0 Å². The Balaban J connectivity index is 1.78. The zero-order valence-electron chi connectivity index (χ0n) is 15.1. The van der Waals surface area contributed by atoms with Crippen LogP contribution in [0.25, 0.3) is 0 Å². The predicted octanol–water partition coefficient (Wildman–Crippen LogP) is 2.34. The van der Waals surface area contributed by atoms with Crippen LogP contribution >= 0.6 is 0 Å². The Bertz CT molecular complexity index is 798. The highest BCUT2D eigenvalue weighted by Crippen LogP contribution is 2.20. The first-order valence-corrected chi connectivity index (χ1v) is 8.61. The Morgan fingerprint density at radius 2 is 1.73 bits per heavy atom. The van der Waals surface area contributed by atoms with Gasteiger partial charge in [0, 0.05) is 31.7 Å². The average molecular weight is 353 g/mol. The van der Waals surface area contributed by atoms with E-state index in [1.807, 2.05) is 24.1 Å². The van der Waals surface area contributed by atoms with Crippen molar-refractivity contribution in [1.29, 1.82) is 0 Å². The highest BCUT2D eigenvalue weighted by Gasteiger charge is 2.23. The third kappa shape index (κ3) is 4.03. The molecule has 0 aromatic heterocycles. The molecule has 0 atom stereocenters. The molecule has 1 heterocycles. The number of ether oxygens (including phenoxy) is 1. The summed E-state index contributed by atoms with van der Waals surface area (Å²) >= 11 is 0. The highest BCUT2D eigenvalue weighted by molar-refractivity contribution is 6.09. The van der Waals surface area contributed by atoms with Gasteiger partial charge in [-0.1, -0.05) is 18.2 Å². The molecule has 0 bridgehead atoms. The lowest BCUT2D eigenvalue weighted by atomic mass is 10.1. The number of para-hydroxylation sites is 1. The van der Waals surface area contributed by atoms with Crippen molar-refractivity contribution < 1.29 is 14.3 Å². The van der Waals surface area contributed by atoms with Gasteiger partial charge in [-0.05, 0) is 37.4 Å². The van der Waals surface area contributed by atoms with Crippen LogP contribution in [0.15, 0.2) is 48.5 Å². The Morgan fingerprint density at radius 3 is 2.46 bits per heavy atom. The van der Waals surface area contributed by atoms with E-state index in [9.17, 15) is 9.59 Å². The van der Waals surface area contributed by atoms with Gasteiger partial charge in [0.1, 0.15) is 5.75 Å². The summed E-state index contributed by atoms with van der Waals surface area (Å²) in [6.45, 7) is 3.08. The first kappa shape index (κ1) is 17.9. The predicted molar refractivity (Wildman–Crippen MR) is 101 cm³/mol. The van der Waals surface area contributed by atoms with E-state index in [2.05, 4.69) is 10.2 Å². The Labute approximate surface area is 153 Å². The van der Waals surface area contributed by atoms with E-state index < -0.39 is 0 Å². The van der Waals surface area contributed by atoms with Crippen molar-refractivity contribution in [1.82, 2.24) is 9.80 Å². The largest absolute Gasteiger partial charge is 0.497 e. The van der Waals surface area contributed by atoms with Gasteiger partial charge in [0.2, 0.25) is 0 Å². The molecule has 0 radical (unpaired) electrons. The number of methoxy groups -OCH3 is 1. The van der Waals surface area contributed by atoms with Crippen LogP contribution in [0.2, 0.25) is 0 Å². The number of nitrogens with one attached hydrogen (secondary N) is 1. The van der Waals surface area contributed by atoms with Crippen molar-refractivity contribution in [2.45, 2.75) is 0 Å². The van der Waals surface area contributed by atoms with Gasteiger partial charge in [0.05, 0.1) is 18.4 Å². The minimum atomic E-state index is -0.275. The molecule has 1 fully saturated rings. The number of likely N-dealkylation sites (N-methyl/N-ethyl adjacent to an activating group) is 1. The Kier molecular flexibility index (Phi) is 5.53. The summed E-state index contributed by atoms with van der Waals surface area (Å²) in [6, 6.07) is 14.0. The Hall–Kier alpha value is -2.86. The fourth-order valence-electron chi connectivity index (χ4n) is 2.92. The minimum absolute atomic E-state index is 0.0559. The maximum Gasteiger partial charge on any atom is 0.256 e. The normalized spacial score (nSPS) is 14.8. The van der Waals surface area contributed by atoms with Crippen molar-refractivity contribution in [3.8, 4) is 5.75 Å². The van der Waals surface area contributed by atoms with E-state index in [4.69, 9.17) is 4.74 Å². The first-order chi connectivity index (χ1) is 12.6. The van der Waals surface area contributed by atoms with Gasteiger partial charge >= 0.3 is 0 Å². The van der Waals surface area contributed by atoms with Crippen LogP contribution in [0.4, 0.5) is 5.69 Å². The fraction of sp³-hybridized carbons (Fsp3) is 0.300. The summed E-state index contributed by atoms with van der Waals surface area (Å²) in [5, 5.41) is 2.85. The molecule has 6 nitrogen and oxygen atoms in total. The fourth-order valence-corrected chi connectivity index (χ4v) is 2.92. The lowest BCUT2D eigenvalue weighted by Gasteiger charge is -2.32. The number of anilines is 1. The standard InChI is InChI=1S/C20H23N3O3/c1-22-10-12-23(13-11-22)20(25)17-8-3-4-9-18(17)21-19(24)15-6-5-7-16(14-15)26-2/h3-9,14H,10-13H2,1-2H3,(H,21,24). The van der Waals surface area contributed by atoms with E-state index in [1.165, 1.54) is 0 Å². The monoisotopic (exact) mass is 353 g/mol. The summed E-state index contributed by atoms with van der Waals surface area (Å²) < 4.78 is 5.16. The maximum atomic E-state index is 12.9. The topological polar surface area (TPSA) is 61.9 Å². The number of hydrogen-bond donors (Lipinski definition) is 1. The molecule has 0 aliphatic carbocycles. The van der Waals surface area contributed by atoms with Crippen LogP contribution < -0.4 is 10.1 Å². The number of rotatable bonds is 4. The van der Waals surface area contributed by atoms with Crippen LogP contribution in [0.1, 0.15) is 20.7 Å². The van der Waals surface area contributed by atoms with Gasteiger partial charge in [0.25, 0.3) is 11.8 Å². The third-order valence-electron chi connectivity index (χ3n) is 4.53. The number of carbonyl (C=O) groups excluding carboxylic acids is 2. The van der Waals surface area contributed by atoms with Crippen LogP contribution in [0, 0.1) is 0 Å². The number of piperazine rings is 1. The van der Waals surface area contributed by atoms with E-state index >= 15 is 0 Å². The molecule has 26 heavy (non-hydrogen) atoms. The average Bonchev–Trinajstić information content (AvgIpc) is 2.68. The molecule has 136 valence electrons. The second kappa shape index (κ2) is 8.01. The highest BCUT2D eigenvalue weighted by atomic mass is 16.5. The van der Waals surface area contributed by atoms with E-state index in [1.54, 1.807) is 43.5 Å². The maximum absolute atomic E-state index is 12.9. The van der Waals surface area contributed by atoms with Gasteiger partial charge in [0.15, 0.2) is 0 Å². The van der Waals surface area contributed by atoms with Crippen molar-refractivity contribution in [3.63, 3.8) is 0 Å². The number of amides is 2.